The lowest BCUT2D eigenvalue weighted by Crippen LogP contribution is -2.16. The second-order valence-corrected chi connectivity index (χ2v) is 7.08. The van der Waals surface area contributed by atoms with Crippen molar-refractivity contribution in [3.05, 3.63) is 76.4 Å². The van der Waals surface area contributed by atoms with Crippen LogP contribution in [0.1, 0.15) is 21.6 Å². The molecule has 0 atom stereocenters. The Morgan fingerprint density at radius 1 is 1.10 bits per heavy atom. The van der Waals surface area contributed by atoms with Gasteiger partial charge in [0.15, 0.2) is 5.82 Å². The first-order valence-corrected chi connectivity index (χ1v) is 9.43. The summed E-state index contributed by atoms with van der Waals surface area (Å²) in [6, 6.07) is 16.4. The van der Waals surface area contributed by atoms with Crippen LogP contribution in [-0.2, 0) is 0 Å². The largest absolute Gasteiger partial charge is 0.494 e. The van der Waals surface area contributed by atoms with Crippen LogP contribution in [0.15, 0.2) is 54.6 Å². The Kier molecular flexibility index (Phi) is 4.94. The Labute approximate surface area is 173 Å². The molecule has 0 aliphatic carbocycles. The van der Waals surface area contributed by atoms with E-state index in [9.17, 15) is 4.79 Å². The molecule has 0 aliphatic rings. The van der Waals surface area contributed by atoms with E-state index in [-0.39, 0.29) is 5.91 Å². The highest BCUT2D eigenvalue weighted by Crippen LogP contribution is 2.28. The van der Waals surface area contributed by atoms with Gasteiger partial charge in [-0.25, -0.2) is 4.98 Å². The van der Waals surface area contributed by atoms with Crippen molar-refractivity contribution in [2.45, 2.75) is 13.8 Å². The van der Waals surface area contributed by atoms with Crippen molar-refractivity contribution < 1.29 is 9.53 Å². The highest BCUT2D eigenvalue weighted by Gasteiger charge is 2.16. The fraction of sp³-hybridized carbons (Fsp3) is 0.136. The molecule has 0 saturated carbocycles. The van der Waals surface area contributed by atoms with E-state index in [2.05, 4.69) is 10.4 Å². The molecule has 0 saturated heterocycles. The number of aromatic nitrogens is 3. The molecule has 1 amide bonds. The van der Waals surface area contributed by atoms with E-state index in [0.29, 0.717) is 28.0 Å². The Morgan fingerprint density at radius 2 is 1.90 bits per heavy atom. The molecule has 29 heavy (non-hydrogen) atoms. The molecule has 0 bridgehead atoms. The zero-order chi connectivity index (χ0) is 20.5. The fourth-order valence-corrected chi connectivity index (χ4v) is 3.46. The van der Waals surface area contributed by atoms with Crippen LogP contribution in [0, 0.1) is 13.8 Å². The third-order valence-electron chi connectivity index (χ3n) is 4.62. The van der Waals surface area contributed by atoms with Crippen molar-refractivity contribution in [1.29, 1.82) is 0 Å². The Morgan fingerprint density at radius 3 is 2.66 bits per heavy atom. The predicted molar refractivity (Wildman–Crippen MR) is 114 cm³/mol. The monoisotopic (exact) mass is 406 g/mol. The SMILES string of the molecule is COc1cccc2c(C)cc(-n3nc(C)cc3NC(=O)c3ccccc3Cl)nc12. The van der Waals surface area contributed by atoms with Gasteiger partial charge in [0, 0.05) is 11.5 Å². The maximum atomic E-state index is 12.7. The molecule has 6 nitrogen and oxygen atoms in total. The highest BCUT2D eigenvalue weighted by atomic mass is 35.5. The van der Waals surface area contributed by atoms with E-state index in [1.54, 1.807) is 42.1 Å². The van der Waals surface area contributed by atoms with Crippen molar-refractivity contribution in [3.8, 4) is 11.6 Å². The van der Waals surface area contributed by atoms with Gasteiger partial charge in [0.2, 0.25) is 0 Å². The molecule has 0 unspecified atom stereocenters. The molecule has 1 N–H and O–H groups in total. The molecule has 146 valence electrons. The number of nitrogens with zero attached hydrogens (tertiary/aromatic N) is 3. The Balaban J connectivity index is 1.79. The van der Waals surface area contributed by atoms with E-state index in [1.165, 1.54) is 0 Å². The number of aryl methyl sites for hydroxylation is 2. The van der Waals surface area contributed by atoms with Gasteiger partial charge in [-0.05, 0) is 43.7 Å². The van der Waals surface area contributed by atoms with Crippen molar-refractivity contribution in [2.24, 2.45) is 0 Å². The van der Waals surface area contributed by atoms with E-state index < -0.39 is 0 Å². The summed E-state index contributed by atoms with van der Waals surface area (Å²) in [5, 5.41) is 8.79. The third-order valence-corrected chi connectivity index (χ3v) is 4.95. The standard InChI is InChI=1S/C22H19ClN4O2/c1-13-11-19(24-21-15(13)8-6-10-18(21)29-3)27-20(12-14(2)26-27)25-22(28)16-7-4-5-9-17(16)23/h4-12H,1-3H3,(H,25,28). The third kappa shape index (κ3) is 3.54. The zero-order valence-corrected chi connectivity index (χ0v) is 17.0. The van der Waals surface area contributed by atoms with Crippen LogP contribution in [0.25, 0.3) is 16.7 Å². The van der Waals surface area contributed by atoms with Crippen LogP contribution in [0.2, 0.25) is 5.02 Å². The summed E-state index contributed by atoms with van der Waals surface area (Å²) >= 11 is 6.16. The summed E-state index contributed by atoms with van der Waals surface area (Å²) in [6.45, 7) is 3.86. The average molecular weight is 407 g/mol. The minimum Gasteiger partial charge on any atom is -0.494 e. The van der Waals surface area contributed by atoms with Gasteiger partial charge in [0.25, 0.3) is 5.91 Å². The molecular formula is C22H19ClN4O2. The number of ether oxygens (including phenoxy) is 1. The van der Waals surface area contributed by atoms with E-state index in [0.717, 1.165) is 22.2 Å². The number of benzene rings is 2. The van der Waals surface area contributed by atoms with E-state index in [4.69, 9.17) is 21.3 Å². The lowest BCUT2D eigenvalue weighted by Gasteiger charge is -2.12. The Hall–Kier alpha value is -3.38. The number of pyridine rings is 1. The summed E-state index contributed by atoms with van der Waals surface area (Å²) in [5.41, 5.74) is 2.91. The number of para-hydroxylation sites is 1. The molecule has 4 rings (SSSR count). The van der Waals surface area contributed by atoms with Gasteiger partial charge >= 0.3 is 0 Å². The van der Waals surface area contributed by atoms with Crippen molar-refractivity contribution in [2.75, 3.05) is 12.4 Å². The van der Waals surface area contributed by atoms with Gasteiger partial charge in [0.05, 0.1) is 23.4 Å². The normalized spacial score (nSPS) is 10.9. The summed E-state index contributed by atoms with van der Waals surface area (Å²) in [4.78, 5) is 17.5. The fourth-order valence-electron chi connectivity index (χ4n) is 3.24. The van der Waals surface area contributed by atoms with Gasteiger partial charge < -0.3 is 10.1 Å². The molecule has 0 fully saturated rings. The van der Waals surface area contributed by atoms with E-state index >= 15 is 0 Å². The number of carbonyl (C=O) groups excluding carboxylic acids is 1. The first-order chi connectivity index (χ1) is 14.0. The van der Waals surface area contributed by atoms with E-state index in [1.807, 2.05) is 38.1 Å². The summed E-state index contributed by atoms with van der Waals surface area (Å²) in [7, 11) is 1.62. The van der Waals surface area contributed by atoms with Crippen molar-refractivity contribution in [1.82, 2.24) is 14.8 Å². The minimum absolute atomic E-state index is 0.313. The number of methoxy groups -OCH3 is 1. The molecule has 0 aliphatic heterocycles. The number of hydrogen-bond acceptors (Lipinski definition) is 4. The van der Waals surface area contributed by atoms with Crippen LogP contribution >= 0.6 is 11.6 Å². The number of anilines is 1. The maximum Gasteiger partial charge on any atom is 0.258 e. The Bertz CT molecular complexity index is 1230. The summed E-state index contributed by atoms with van der Waals surface area (Å²) in [6.07, 6.45) is 0. The predicted octanol–water partition coefficient (Wildman–Crippen LogP) is 4.95. The molecule has 4 aromatic rings. The molecular weight excluding hydrogens is 388 g/mol. The van der Waals surface area contributed by atoms with Crippen LogP contribution in [0.5, 0.6) is 5.75 Å². The second kappa shape index (κ2) is 7.56. The molecule has 7 heteroatoms. The number of hydrogen-bond donors (Lipinski definition) is 1. The summed E-state index contributed by atoms with van der Waals surface area (Å²) in [5.74, 6) is 1.46. The molecule has 2 heterocycles. The summed E-state index contributed by atoms with van der Waals surface area (Å²) < 4.78 is 7.08. The first-order valence-electron chi connectivity index (χ1n) is 9.05. The number of carbonyl (C=O) groups is 1. The maximum absolute atomic E-state index is 12.7. The number of halogens is 1. The average Bonchev–Trinajstić information content (AvgIpc) is 3.07. The van der Waals surface area contributed by atoms with Crippen LogP contribution in [0.3, 0.4) is 0 Å². The molecule has 2 aromatic carbocycles. The molecule has 0 radical (unpaired) electrons. The van der Waals surface area contributed by atoms with Crippen molar-refractivity contribution >= 4 is 34.2 Å². The van der Waals surface area contributed by atoms with Gasteiger partial charge in [-0.2, -0.15) is 9.78 Å². The lowest BCUT2D eigenvalue weighted by molar-refractivity contribution is 0.102. The van der Waals surface area contributed by atoms with Crippen molar-refractivity contribution in [3.63, 3.8) is 0 Å². The van der Waals surface area contributed by atoms with Crippen LogP contribution in [-0.4, -0.2) is 27.8 Å². The molecule has 2 aromatic heterocycles. The molecule has 0 spiro atoms. The lowest BCUT2D eigenvalue weighted by atomic mass is 10.1. The quantitative estimate of drug-likeness (QED) is 0.520. The van der Waals surface area contributed by atoms with Gasteiger partial charge in [0.1, 0.15) is 17.1 Å². The van der Waals surface area contributed by atoms with Gasteiger partial charge in [-0.1, -0.05) is 35.9 Å². The topological polar surface area (TPSA) is 69.0 Å². The van der Waals surface area contributed by atoms with Crippen LogP contribution in [0.4, 0.5) is 5.82 Å². The minimum atomic E-state index is -0.313. The zero-order valence-electron chi connectivity index (χ0n) is 16.2. The number of fused-ring (bicyclic) bond motifs is 1. The number of amides is 1. The highest BCUT2D eigenvalue weighted by molar-refractivity contribution is 6.34. The van der Waals surface area contributed by atoms with Crippen LogP contribution < -0.4 is 10.1 Å². The second-order valence-electron chi connectivity index (χ2n) is 6.67. The first kappa shape index (κ1) is 19.0. The van der Waals surface area contributed by atoms with Gasteiger partial charge in [-0.15, -0.1) is 0 Å². The smallest absolute Gasteiger partial charge is 0.258 e. The van der Waals surface area contributed by atoms with Gasteiger partial charge in [-0.3, -0.25) is 4.79 Å². The number of nitrogens with one attached hydrogen (secondary N) is 1. The number of rotatable bonds is 4.